The van der Waals surface area contributed by atoms with Gasteiger partial charge in [-0.25, -0.2) is 4.99 Å². The fraction of sp³-hybridized carbons (Fsp3) is 0.0588. The number of amides is 1. The van der Waals surface area contributed by atoms with Gasteiger partial charge in [0, 0.05) is 13.1 Å². The number of thioether (sulfide) groups is 1. The second kappa shape index (κ2) is 6.78. The SMILES string of the molecule is CN1C(=O)/C(=C/c2ccccc2[N+](=O)[O-])SC1=Nc1ccc(O)cc1. The zero-order valence-electron chi connectivity index (χ0n) is 13.1. The molecule has 25 heavy (non-hydrogen) atoms. The molecule has 126 valence electrons. The number of nitro benzene ring substituents is 1. The van der Waals surface area contributed by atoms with Gasteiger partial charge < -0.3 is 5.11 Å². The van der Waals surface area contributed by atoms with Gasteiger partial charge in [-0.15, -0.1) is 0 Å². The topological polar surface area (TPSA) is 96.0 Å². The summed E-state index contributed by atoms with van der Waals surface area (Å²) in [5.41, 5.74) is 0.893. The van der Waals surface area contributed by atoms with Crippen molar-refractivity contribution in [2.75, 3.05) is 7.05 Å². The van der Waals surface area contributed by atoms with Gasteiger partial charge >= 0.3 is 0 Å². The lowest BCUT2D eigenvalue weighted by molar-refractivity contribution is -0.385. The highest BCUT2D eigenvalue weighted by Crippen LogP contribution is 2.34. The van der Waals surface area contributed by atoms with Crippen LogP contribution in [0.15, 0.2) is 58.4 Å². The van der Waals surface area contributed by atoms with Crippen LogP contribution in [0, 0.1) is 10.1 Å². The Balaban J connectivity index is 1.94. The van der Waals surface area contributed by atoms with Crippen molar-refractivity contribution in [2.45, 2.75) is 0 Å². The molecule has 2 aromatic carbocycles. The average Bonchev–Trinajstić information content (AvgIpc) is 2.85. The van der Waals surface area contributed by atoms with E-state index in [0.717, 1.165) is 11.8 Å². The maximum atomic E-state index is 12.4. The number of carbonyl (C=O) groups excluding carboxylic acids is 1. The maximum Gasteiger partial charge on any atom is 0.276 e. The molecule has 0 atom stereocenters. The molecule has 0 spiro atoms. The summed E-state index contributed by atoms with van der Waals surface area (Å²) in [6.07, 6.45) is 1.50. The number of hydrogen-bond donors (Lipinski definition) is 1. The second-order valence-corrected chi connectivity index (χ2v) is 6.21. The molecule has 1 N–H and O–H groups in total. The van der Waals surface area contributed by atoms with E-state index in [4.69, 9.17) is 0 Å². The molecule has 2 aromatic rings. The molecule has 1 amide bonds. The van der Waals surface area contributed by atoms with Crippen molar-refractivity contribution < 1.29 is 14.8 Å². The highest BCUT2D eigenvalue weighted by molar-refractivity contribution is 8.18. The third kappa shape index (κ3) is 3.53. The summed E-state index contributed by atoms with van der Waals surface area (Å²) in [5.74, 6) is -0.148. The summed E-state index contributed by atoms with van der Waals surface area (Å²) in [6, 6.07) is 12.5. The summed E-state index contributed by atoms with van der Waals surface area (Å²) in [7, 11) is 1.59. The van der Waals surface area contributed by atoms with Crippen LogP contribution in [0.25, 0.3) is 6.08 Å². The van der Waals surface area contributed by atoms with E-state index in [2.05, 4.69) is 4.99 Å². The Bertz CT molecular complexity index is 906. The lowest BCUT2D eigenvalue weighted by Gasteiger charge is -2.07. The summed E-state index contributed by atoms with van der Waals surface area (Å²) >= 11 is 1.14. The van der Waals surface area contributed by atoms with Crippen LogP contribution in [-0.4, -0.2) is 33.1 Å². The number of nitro groups is 1. The number of para-hydroxylation sites is 1. The number of nitrogens with zero attached hydrogens (tertiary/aromatic N) is 3. The van der Waals surface area contributed by atoms with Crippen LogP contribution in [0.3, 0.4) is 0 Å². The Morgan fingerprint density at radius 1 is 1.20 bits per heavy atom. The van der Waals surface area contributed by atoms with E-state index in [1.165, 1.54) is 29.2 Å². The van der Waals surface area contributed by atoms with Gasteiger partial charge in [0.15, 0.2) is 5.17 Å². The summed E-state index contributed by atoms with van der Waals surface area (Å²) in [5, 5.41) is 20.9. The van der Waals surface area contributed by atoms with Crippen LogP contribution in [0.4, 0.5) is 11.4 Å². The zero-order valence-corrected chi connectivity index (χ0v) is 13.9. The predicted octanol–water partition coefficient (Wildman–Crippen LogP) is 3.53. The molecule has 1 saturated heterocycles. The number of hydrogen-bond acceptors (Lipinski definition) is 6. The third-order valence-corrected chi connectivity index (χ3v) is 4.56. The Kier molecular flexibility index (Phi) is 4.53. The zero-order chi connectivity index (χ0) is 18.0. The number of phenols is 1. The summed E-state index contributed by atoms with van der Waals surface area (Å²) < 4.78 is 0. The van der Waals surface area contributed by atoms with Crippen LogP contribution in [0.1, 0.15) is 5.56 Å². The van der Waals surface area contributed by atoms with Crippen molar-refractivity contribution in [1.29, 1.82) is 0 Å². The molecule has 7 nitrogen and oxygen atoms in total. The van der Waals surface area contributed by atoms with E-state index in [0.29, 0.717) is 21.3 Å². The molecule has 0 unspecified atom stereocenters. The van der Waals surface area contributed by atoms with E-state index in [9.17, 15) is 20.0 Å². The smallest absolute Gasteiger partial charge is 0.276 e. The monoisotopic (exact) mass is 355 g/mol. The highest BCUT2D eigenvalue weighted by Gasteiger charge is 2.31. The van der Waals surface area contributed by atoms with Gasteiger partial charge in [0.25, 0.3) is 11.6 Å². The molecule has 0 saturated carbocycles. The normalized spacial score (nSPS) is 17.5. The van der Waals surface area contributed by atoms with E-state index < -0.39 is 4.92 Å². The van der Waals surface area contributed by atoms with E-state index in [1.54, 1.807) is 37.4 Å². The molecule has 0 aromatic heterocycles. The van der Waals surface area contributed by atoms with Crippen molar-refractivity contribution >= 4 is 40.3 Å². The number of carbonyl (C=O) groups is 1. The average molecular weight is 355 g/mol. The number of phenolic OH excluding ortho intramolecular Hbond substituents is 1. The summed E-state index contributed by atoms with van der Waals surface area (Å²) in [6.45, 7) is 0. The largest absolute Gasteiger partial charge is 0.508 e. The number of aliphatic imine (C=N–C) groups is 1. The molecule has 3 rings (SSSR count). The van der Waals surface area contributed by atoms with E-state index >= 15 is 0 Å². The van der Waals surface area contributed by atoms with Gasteiger partial charge in [-0.3, -0.25) is 19.8 Å². The van der Waals surface area contributed by atoms with E-state index in [-0.39, 0.29) is 17.3 Å². The molecular weight excluding hydrogens is 342 g/mol. The minimum absolute atomic E-state index is 0.0602. The molecule has 1 heterocycles. The fourth-order valence-electron chi connectivity index (χ4n) is 2.21. The Morgan fingerprint density at radius 2 is 1.88 bits per heavy atom. The maximum absolute atomic E-state index is 12.4. The quantitative estimate of drug-likeness (QED) is 0.516. The van der Waals surface area contributed by atoms with Crippen LogP contribution in [0.5, 0.6) is 5.75 Å². The van der Waals surface area contributed by atoms with Crippen LogP contribution < -0.4 is 0 Å². The number of aromatic hydroxyl groups is 1. The Labute approximate surface area is 147 Å². The number of benzene rings is 2. The van der Waals surface area contributed by atoms with Crippen molar-refractivity contribution in [3.8, 4) is 5.75 Å². The lowest BCUT2D eigenvalue weighted by Crippen LogP contribution is -2.23. The Morgan fingerprint density at radius 3 is 2.56 bits per heavy atom. The van der Waals surface area contributed by atoms with Crippen molar-refractivity contribution in [2.24, 2.45) is 4.99 Å². The minimum Gasteiger partial charge on any atom is -0.508 e. The third-order valence-electron chi connectivity index (χ3n) is 3.50. The molecule has 1 aliphatic heterocycles. The van der Waals surface area contributed by atoms with Crippen molar-refractivity contribution in [3.05, 3.63) is 69.1 Å². The van der Waals surface area contributed by atoms with E-state index in [1.807, 2.05) is 0 Å². The van der Waals surface area contributed by atoms with Gasteiger partial charge in [0.2, 0.25) is 0 Å². The van der Waals surface area contributed by atoms with Crippen LogP contribution in [-0.2, 0) is 4.79 Å². The van der Waals surface area contributed by atoms with Gasteiger partial charge in [-0.2, -0.15) is 0 Å². The first-order chi connectivity index (χ1) is 12.0. The number of rotatable bonds is 3. The molecule has 0 aliphatic carbocycles. The molecule has 8 heteroatoms. The van der Waals surface area contributed by atoms with Gasteiger partial charge in [-0.05, 0) is 48.2 Å². The lowest BCUT2D eigenvalue weighted by atomic mass is 10.1. The molecule has 0 radical (unpaired) electrons. The first-order valence-electron chi connectivity index (χ1n) is 7.24. The fourth-order valence-corrected chi connectivity index (χ4v) is 3.18. The molecular formula is C17H13N3O4S. The molecule has 0 bridgehead atoms. The number of amidine groups is 1. The van der Waals surface area contributed by atoms with Gasteiger partial charge in [0.1, 0.15) is 5.75 Å². The predicted molar refractivity (Wildman–Crippen MR) is 96.6 cm³/mol. The van der Waals surface area contributed by atoms with Crippen molar-refractivity contribution in [3.63, 3.8) is 0 Å². The second-order valence-electron chi connectivity index (χ2n) is 5.20. The summed E-state index contributed by atoms with van der Waals surface area (Å²) in [4.78, 5) is 29.1. The first-order valence-corrected chi connectivity index (χ1v) is 8.06. The minimum atomic E-state index is -0.481. The first kappa shape index (κ1) is 16.7. The standard InChI is InChI=1S/C17H13N3O4S/c1-19-16(22)15(10-11-4-2-3-5-14(11)20(23)24)25-17(19)18-12-6-8-13(21)9-7-12/h2-10,21H,1H3/b15-10-,18-17?. The number of likely N-dealkylation sites (N-methyl/N-ethyl adjacent to an activating group) is 1. The van der Waals surface area contributed by atoms with Crippen molar-refractivity contribution in [1.82, 2.24) is 4.90 Å². The molecule has 1 aliphatic rings. The van der Waals surface area contributed by atoms with Gasteiger partial charge in [-0.1, -0.05) is 12.1 Å². The Hall–Kier alpha value is -3.13. The van der Waals surface area contributed by atoms with Gasteiger partial charge in [0.05, 0.1) is 21.1 Å². The molecule has 1 fully saturated rings. The highest BCUT2D eigenvalue weighted by atomic mass is 32.2. The van der Waals surface area contributed by atoms with Crippen LogP contribution in [0.2, 0.25) is 0 Å². The van der Waals surface area contributed by atoms with Crippen LogP contribution >= 0.6 is 11.8 Å².